The molecule has 1 saturated carbocycles. The van der Waals surface area contributed by atoms with Gasteiger partial charge in [0.25, 0.3) is 0 Å². The molecule has 3 aromatic rings. The molecule has 0 spiro atoms. The summed E-state index contributed by atoms with van der Waals surface area (Å²) in [7, 11) is 0.830. The number of hydrogen-bond donors (Lipinski definition) is 1. The highest BCUT2D eigenvalue weighted by atomic mass is 32.2. The minimum Gasteiger partial charge on any atom is -0.494 e. The highest BCUT2D eigenvalue weighted by Crippen LogP contribution is 2.38. The van der Waals surface area contributed by atoms with Gasteiger partial charge in [0.05, 0.1) is 26.6 Å². The van der Waals surface area contributed by atoms with Crippen molar-refractivity contribution in [3.8, 4) is 34.6 Å². The van der Waals surface area contributed by atoms with Crippen LogP contribution in [0.25, 0.3) is 17.2 Å². The van der Waals surface area contributed by atoms with Gasteiger partial charge in [-0.3, -0.25) is 9.29 Å². The number of methoxy groups -OCH3 is 3. The summed E-state index contributed by atoms with van der Waals surface area (Å²) >= 11 is 0. The molecule has 0 saturated heterocycles. The van der Waals surface area contributed by atoms with Crippen LogP contribution in [0.4, 0.5) is 5.95 Å². The summed E-state index contributed by atoms with van der Waals surface area (Å²) in [5.74, 6) is 2.04. The van der Waals surface area contributed by atoms with E-state index in [1.54, 1.807) is 47.9 Å². The topological polar surface area (TPSA) is 117 Å². The predicted octanol–water partition coefficient (Wildman–Crippen LogP) is 3.68. The van der Waals surface area contributed by atoms with Crippen molar-refractivity contribution in [2.45, 2.75) is 37.9 Å². The molecular weight excluding hydrogens is 458 g/mol. The number of sulfonamides is 1. The van der Waals surface area contributed by atoms with Crippen molar-refractivity contribution in [1.82, 2.24) is 19.7 Å². The molecule has 0 unspecified atom stereocenters. The number of hydrogen-bond acceptors (Lipinski definition) is 8. The first-order chi connectivity index (χ1) is 16.4. The van der Waals surface area contributed by atoms with Crippen LogP contribution in [-0.4, -0.2) is 54.7 Å². The maximum absolute atomic E-state index is 13.2. The Hall–Kier alpha value is -3.34. The Bertz CT molecular complexity index is 1230. The van der Waals surface area contributed by atoms with Crippen LogP contribution in [0.5, 0.6) is 17.4 Å². The van der Waals surface area contributed by atoms with E-state index >= 15 is 0 Å². The van der Waals surface area contributed by atoms with Gasteiger partial charge in [0.2, 0.25) is 21.9 Å². The molecule has 0 bridgehead atoms. The molecule has 0 aliphatic heterocycles. The molecule has 4 rings (SSSR count). The molecule has 1 N–H and O–H groups in total. The third-order valence-electron chi connectivity index (χ3n) is 6.10. The monoisotopic (exact) mass is 487 g/mol. The van der Waals surface area contributed by atoms with Gasteiger partial charge < -0.3 is 14.2 Å². The van der Waals surface area contributed by atoms with Crippen LogP contribution in [0.1, 0.15) is 32.6 Å². The number of pyridine rings is 1. The van der Waals surface area contributed by atoms with Crippen molar-refractivity contribution in [1.29, 1.82) is 0 Å². The zero-order chi connectivity index (χ0) is 24.3. The second-order valence-corrected chi connectivity index (χ2v) is 10.3. The molecule has 34 heavy (non-hydrogen) atoms. The van der Waals surface area contributed by atoms with Crippen molar-refractivity contribution >= 4 is 16.0 Å². The molecule has 10 nitrogen and oxygen atoms in total. The Morgan fingerprint density at radius 1 is 1.03 bits per heavy atom. The molecule has 1 aliphatic rings. The van der Waals surface area contributed by atoms with Crippen LogP contribution in [0.15, 0.2) is 36.4 Å². The Balaban J connectivity index is 1.84. The summed E-state index contributed by atoms with van der Waals surface area (Å²) in [6.45, 7) is 1.72. The van der Waals surface area contributed by atoms with Crippen LogP contribution in [0.2, 0.25) is 0 Å². The van der Waals surface area contributed by atoms with E-state index in [0.29, 0.717) is 46.9 Å². The van der Waals surface area contributed by atoms with Gasteiger partial charge in [-0.1, -0.05) is 31.4 Å². The van der Waals surface area contributed by atoms with Gasteiger partial charge in [-0.15, -0.1) is 10.2 Å². The summed E-state index contributed by atoms with van der Waals surface area (Å²) in [5.41, 5.74) is 0.884. The third kappa shape index (κ3) is 4.65. The van der Waals surface area contributed by atoms with Crippen molar-refractivity contribution in [3.63, 3.8) is 0 Å². The molecule has 1 atom stereocenters. The first kappa shape index (κ1) is 23.8. The first-order valence-electron chi connectivity index (χ1n) is 11.1. The lowest BCUT2D eigenvalue weighted by Gasteiger charge is -2.28. The molecule has 11 heteroatoms. The summed E-state index contributed by atoms with van der Waals surface area (Å²) in [6, 6.07) is 10.5. The van der Waals surface area contributed by atoms with Gasteiger partial charge in [0.1, 0.15) is 22.9 Å². The van der Waals surface area contributed by atoms with Crippen molar-refractivity contribution in [2.24, 2.45) is 5.92 Å². The van der Waals surface area contributed by atoms with Crippen LogP contribution in [0, 0.1) is 5.92 Å². The fourth-order valence-electron chi connectivity index (χ4n) is 3.99. The lowest BCUT2D eigenvalue weighted by molar-refractivity contribution is 0.294. The number of para-hydroxylation sites is 1. The third-order valence-corrected chi connectivity index (χ3v) is 7.82. The number of ether oxygens (including phenoxy) is 3. The summed E-state index contributed by atoms with van der Waals surface area (Å²) in [4.78, 5) is 4.46. The fourth-order valence-corrected chi connectivity index (χ4v) is 5.10. The summed E-state index contributed by atoms with van der Waals surface area (Å²) < 4.78 is 47.1. The van der Waals surface area contributed by atoms with E-state index in [0.717, 1.165) is 19.3 Å². The van der Waals surface area contributed by atoms with Gasteiger partial charge in [0, 0.05) is 6.07 Å². The highest BCUT2D eigenvalue weighted by Gasteiger charge is 2.31. The number of benzene rings is 1. The molecule has 1 aromatic carbocycles. The summed E-state index contributed by atoms with van der Waals surface area (Å²) in [6.07, 6.45) is 3.90. The highest BCUT2D eigenvalue weighted by molar-refractivity contribution is 7.93. The van der Waals surface area contributed by atoms with E-state index in [-0.39, 0.29) is 5.95 Å². The number of anilines is 1. The normalized spacial score (nSPS) is 14.8. The van der Waals surface area contributed by atoms with E-state index in [4.69, 9.17) is 14.2 Å². The standard InChI is InChI=1S/C23H29N5O5S/c1-15(14-16-8-5-9-16)34(29,30)27-23-26-25-22(17-10-6-13-20(24-17)33-4)28(23)21-18(31-2)11-7-12-19(21)32-3/h6-7,10-13,15-16H,5,8-9,14H2,1-4H3,(H,26,27)/t15-/m1/s1. The van der Waals surface area contributed by atoms with E-state index < -0.39 is 15.3 Å². The molecule has 0 radical (unpaired) electrons. The maximum Gasteiger partial charge on any atom is 0.243 e. The average molecular weight is 488 g/mol. The maximum atomic E-state index is 13.2. The van der Waals surface area contributed by atoms with Crippen LogP contribution >= 0.6 is 0 Å². The lowest BCUT2D eigenvalue weighted by atomic mass is 9.82. The minimum absolute atomic E-state index is 0.0166. The molecular formula is C23H29N5O5S. The van der Waals surface area contributed by atoms with Gasteiger partial charge >= 0.3 is 0 Å². The van der Waals surface area contributed by atoms with Gasteiger partial charge in [-0.05, 0) is 37.5 Å². The van der Waals surface area contributed by atoms with Crippen LogP contribution in [0.3, 0.4) is 0 Å². The SMILES string of the molecule is COc1cccc(-c2nnc(NS(=O)(=O)[C@H](C)CC3CCC3)n2-c2c(OC)cccc2OC)n1. The lowest BCUT2D eigenvalue weighted by Crippen LogP contribution is -2.30. The smallest absolute Gasteiger partial charge is 0.243 e. The van der Waals surface area contributed by atoms with E-state index in [1.807, 2.05) is 0 Å². The van der Waals surface area contributed by atoms with Crippen LogP contribution in [-0.2, 0) is 10.0 Å². The van der Waals surface area contributed by atoms with Gasteiger partial charge in [0.15, 0.2) is 5.82 Å². The molecule has 2 aromatic heterocycles. The second kappa shape index (κ2) is 9.88. The number of nitrogens with zero attached hydrogens (tertiary/aromatic N) is 4. The Morgan fingerprint density at radius 3 is 2.29 bits per heavy atom. The second-order valence-electron chi connectivity index (χ2n) is 8.25. The Labute approximate surface area is 199 Å². The largest absolute Gasteiger partial charge is 0.494 e. The van der Waals surface area contributed by atoms with Gasteiger partial charge in [-0.2, -0.15) is 0 Å². The number of aromatic nitrogens is 4. The quantitative estimate of drug-likeness (QED) is 0.460. The van der Waals surface area contributed by atoms with Crippen molar-refractivity contribution < 1.29 is 22.6 Å². The fraction of sp³-hybridized carbons (Fsp3) is 0.435. The Kier molecular flexibility index (Phi) is 6.92. The number of nitrogens with one attached hydrogen (secondary N) is 1. The van der Waals surface area contributed by atoms with Crippen molar-refractivity contribution in [2.75, 3.05) is 26.1 Å². The molecule has 2 heterocycles. The zero-order valence-electron chi connectivity index (χ0n) is 19.7. The van der Waals surface area contributed by atoms with Crippen molar-refractivity contribution in [3.05, 3.63) is 36.4 Å². The minimum atomic E-state index is -3.74. The number of rotatable bonds is 10. The first-order valence-corrected chi connectivity index (χ1v) is 12.6. The van der Waals surface area contributed by atoms with E-state index in [1.165, 1.54) is 21.3 Å². The Morgan fingerprint density at radius 2 is 1.71 bits per heavy atom. The van der Waals surface area contributed by atoms with E-state index in [9.17, 15) is 8.42 Å². The molecule has 1 aliphatic carbocycles. The molecule has 182 valence electrons. The average Bonchev–Trinajstić information content (AvgIpc) is 3.22. The summed E-state index contributed by atoms with van der Waals surface area (Å²) in [5, 5.41) is 7.88. The van der Waals surface area contributed by atoms with Crippen LogP contribution < -0.4 is 18.9 Å². The zero-order valence-corrected chi connectivity index (χ0v) is 20.5. The molecule has 1 fully saturated rings. The van der Waals surface area contributed by atoms with E-state index in [2.05, 4.69) is 19.9 Å². The van der Waals surface area contributed by atoms with Gasteiger partial charge in [-0.25, -0.2) is 13.4 Å². The molecule has 0 amide bonds. The predicted molar refractivity (Wildman–Crippen MR) is 128 cm³/mol.